The predicted octanol–water partition coefficient (Wildman–Crippen LogP) is 2.36. The van der Waals surface area contributed by atoms with Gasteiger partial charge in [0.15, 0.2) is 0 Å². The SMILES string of the molecule is C[C@H](NS(=O)(=O)c1ccccc1)C(=O)NCCC1=CCCCC1. The van der Waals surface area contributed by atoms with Crippen LogP contribution in [0.4, 0.5) is 0 Å². The summed E-state index contributed by atoms with van der Waals surface area (Å²) in [5.74, 6) is -0.305. The zero-order valence-electron chi connectivity index (χ0n) is 13.4. The number of amides is 1. The van der Waals surface area contributed by atoms with Crippen molar-refractivity contribution in [2.75, 3.05) is 6.54 Å². The Hall–Kier alpha value is -1.66. The Kier molecular flexibility index (Phi) is 6.36. The molecule has 1 aromatic carbocycles. The molecule has 0 aromatic heterocycles. The van der Waals surface area contributed by atoms with E-state index < -0.39 is 16.1 Å². The lowest BCUT2D eigenvalue weighted by Gasteiger charge is -2.16. The summed E-state index contributed by atoms with van der Waals surface area (Å²) >= 11 is 0. The van der Waals surface area contributed by atoms with Gasteiger partial charge in [-0.2, -0.15) is 4.72 Å². The molecule has 0 fully saturated rings. The summed E-state index contributed by atoms with van der Waals surface area (Å²) in [5.41, 5.74) is 1.38. The Balaban J connectivity index is 1.81. The van der Waals surface area contributed by atoms with Crippen LogP contribution in [-0.2, 0) is 14.8 Å². The van der Waals surface area contributed by atoms with E-state index in [0.29, 0.717) is 6.54 Å². The molecule has 2 N–H and O–H groups in total. The molecular formula is C17H24N2O3S. The zero-order valence-corrected chi connectivity index (χ0v) is 14.2. The van der Waals surface area contributed by atoms with E-state index in [9.17, 15) is 13.2 Å². The van der Waals surface area contributed by atoms with Gasteiger partial charge in [0.25, 0.3) is 0 Å². The van der Waals surface area contributed by atoms with Crippen molar-refractivity contribution < 1.29 is 13.2 Å². The fraction of sp³-hybridized carbons (Fsp3) is 0.471. The topological polar surface area (TPSA) is 75.3 Å². The number of carbonyl (C=O) groups is 1. The minimum Gasteiger partial charge on any atom is -0.354 e. The Bertz CT molecular complexity index is 654. The number of allylic oxidation sites excluding steroid dienone is 1. The lowest BCUT2D eigenvalue weighted by molar-refractivity contribution is -0.122. The van der Waals surface area contributed by atoms with Gasteiger partial charge >= 0.3 is 0 Å². The highest BCUT2D eigenvalue weighted by Crippen LogP contribution is 2.19. The monoisotopic (exact) mass is 336 g/mol. The normalized spacial score (nSPS) is 16.5. The Morgan fingerprint density at radius 1 is 1.22 bits per heavy atom. The van der Waals surface area contributed by atoms with E-state index in [0.717, 1.165) is 19.3 Å². The molecule has 0 spiro atoms. The molecule has 5 nitrogen and oxygen atoms in total. The number of rotatable bonds is 7. The van der Waals surface area contributed by atoms with Crippen LogP contribution in [-0.4, -0.2) is 26.9 Å². The minimum absolute atomic E-state index is 0.159. The Labute approximate surface area is 138 Å². The molecule has 1 amide bonds. The van der Waals surface area contributed by atoms with Crippen molar-refractivity contribution in [3.05, 3.63) is 42.0 Å². The van der Waals surface area contributed by atoms with Crippen LogP contribution in [0.2, 0.25) is 0 Å². The second-order valence-corrected chi connectivity index (χ2v) is 7.52. The maximum Gasteiger partial charge on any atom is 0.241 e. The lowest BCUT2D eigenvalue weighted by Crippen LogP contribution is -2.45. The van der Waals surface area contributed by atoms with Crippen LogP contribution < -0.4 is 10.0 Å². The fourth-order valence-corrected chi connectivity index (χ4v) is 3.81. The Morgan fingerprint density at radius 3 is 2.61 bits per heavy atom. The van der Waals surface area contributed by atoms with Crippen LogP contribution in [0.15, 0.2) is 46.9 Å². The van der Waals surface area contributed by atoms with Gasteiger partial charge in [0.2, 0.25) is 15.9 Å². The highest BCUT2D eigenvalue weighted by Gasteiger charge is 2.21. The molecule has 0 saturated carbocycles. The van der Waals surface area contributed by atoms with Crippen molar-refractivity contribution in [1.29, 1.82) is 0 Å². The molecule has 0 radical (unpaired) electrons. The van der Waals surface area contributed by atoms with E-state index in [1.807, 2.05) is 0 Å². The summed E-state index contributed by atoms with van der Waals surface area (Å²) < 4.78 is 26.7. The molecule has 0 unspecified atom stereocenters. The first-order valence-electron chi connectivity index (χ1n) is 8.02. The second-order valence-electron chi connectivity index (χ2n) is 5.81. The number of sulfonamides is 1. The molecule has 1 atom stereocenters. The number of benzene rings is 1. The van der Waals surface area contributed by atoms with Crippen LogP contribution in [0.3, 0.4) is 0 Å². The predicted molar refractivity (Wildman–Crippen MR) is 90.4 cm³/mol. The van der Waals surface area contributed by atoms with Crippen molar-refractivity contribution in [2.45, 2.75) is 50.0 Å². The van der Waals surface area contributed by atoms with E-state index in [4.69, 9.17) is 0 Å². The summed E-state index contributed by atoms with van der Waals surface area (Å²) in [6.45, 7) is 2.10. The summed E-state index contributed by atoms with van der Waals surface area (Å²) in [6, 6.07) is 7.25. The number of hydrogen-bond donors (Lipinski definition) is 2. The third-order valence-electron chi connectivity index (χ3n) is 3.91. The summed E-state index contributed by atoms with van der Waals surface area (Å²) in [5, 5.41) is 2.80. The number of hydrogen-bond acceptors (Lipinski definition) is 3. The van der Waals surface area contributed by atoms with Gasteiger partial charge in [-0.05, 0) is 51.2 Å². The molecule has 0 saturated heterocycles. The van der Waals surface area contributed by atoms with E-state index in [-0.39, 0.29) is 10.8 Å². The van der Waals surface area contributed by atoms with Crippen molar-refractivity contribution in [1.82, 2.24) is 10.0 Å². The number of nitrogens with one attached hydrogen (secondary N) is 2. The molecule has 1 aliphatic carbocycles. The summed E-state index contributed by atoms with van der Waals surface area (Å²) in [6.07, 6.45) is 7.77. The van der Waals surface area contributed by atoms with E-state index in [1.54, 1.807) is 25.1 Å². The number of carbonyl (C=O) groups excluding carboxylic acids is 1. The van der Waals surface area contributed by atoms with Crippen molar-refractivity contribution >= 4 is 15.9 Å². The Morgan fingerprint density at radius 2 is 1.96 bits per heavy atom. The summed E-state index contributed by atoms with van der Waals surface area (Å²) in [7, 11) is -3.67. The third-order valence-corrected chi connectivity index (χ3v) is 5.47. The molecule has 0 bridgehead atoms. The van der Waals surface area contributed by atoms with Crippen LogP contribution in [0.1, 0.15) is 39.0 Å². The third kappa shape index (κ3) is 5.48. The van der Waals surface area contributed by atoms with E-state index in [2.05, 4.69) is 16.1 Å². The fourth-order valence-electron chi connectivity index (χ4n) is 2.58. The molecule has 1 aliphatic rings. The second kappa shape index (κ2) is 8.26. The first-order valence-corrected chi connectivity index (χ1v) is 9.50. The molecule has 23 heavy (non-hydrogen) atoms. The van der Waals surface area contributed by atoms with Crippen LogP contribution in [0, 0.1) is 0 Å². The first kappa shape index (κ1) is 17.7. The maximum atomic E-state index is 12.2. The molecule has 6 heteroatoms. The smallest absolute Gasteiger partial charge is 0.241 e. The molecule has 0 aliphatic heterocycles. The van der Waals surface area contributed by atoms with Gasteiger partial charge in [-0.15, -0.1) is 0 Å². The molecule has 0 heterocycles. The average molecular weight is 336 g/mol. The van der Waals surface area contributed by atoms with Crippen LogP contribution in [0.5, 0.6) is 0 Å². The summed E-state index contributed by atoms with van der Waals surface area (Å²) in [4.78, 5) is 12.2. The molecular weight excluding hydrogens is 312 g/mol. The highest BCUT2D eigenvalue weighted by molar-refractivity contribution is 7.89. The quantitative estimate of drug-likeness (QED) is 0.751. The van der Waals surface area contributed by atoms with Crippen molar-refractivity contribution in [3.8, 4) is 0 Å². The van der Waals surface area contributed by atoms with E-state index >= 15 is 0 Å². The van der Waals surface area contributed by atoms with Gasteiger partial charge in [-0.3, -0.25) is 4.79 Å². The van der Waals surface area contributed by atoms with Crippen LogP contribution in [0.25, 0.3) is 0 Å². The van der Waals surface area contributed by atoms with Crippen molar-refractivity contribution in [2.24, 2.45) is 0 Å². The van der Waals surface area contributed by atoms with Gasteiger partial charge in [0.1, 0.15) is 0 Å². The van der Waals surface area contributed by atoms with E-state index in [1.165, 1.54) is 30.5 Å². The highest BCUT2D eigenvalue weighted by atomic mass is 32.2. The van der Waals surface area contributed by atoms with Gasteiger partial charge in [-0.25, -0.2) is 8.42 Å². The van der Waals surface area contributed by atoms with Crippen molar-refractivity contribution in [3.63, 3.8) is 0 Å². The zero-order chi connectivity index (χ0) is 16.7. The molecule has 2 rings (SSSR count). The molecule has 126 valence electrons. The van der Waals surface area contributed by atoms with Gasteiger partial charge in [0, 0.05) is 6.54 Å². The van der Waals surface area contributed by atoms with Gasteiger partial charge in [-0.1, -0.05) is 29.8 Å². The average Bonchev–Trinajstić information content (AvgIpc) is 2.56. The molecule has 1 aromatic rings. The first-order chi connectivity index (χ1) is 11.0. The lowest BCUT2D eigenvalue weighted by atomic mass is 9.97. The van der Waals surface area contributed by atoms with Gasteiger partial charge < -0.3 is 5.32 Å². The standard InChI is InChI=1S/C17H24N2O3S/c1-14(19-23(21,22)16-10-6-3-7-11-16)17(20)18-13-12-15-8-4-2-5-9-15/h3,6-8,10-11,14,19H,2,4-5,9,12-13H2,1H3,(H,18,20)/t14-/m0/s1. The minimum atomic E-state index is -3.67. The maximum absolute atomic E-state index is 12.2. The van der Waals surface area contributed by atoms with Gasteiger partial charge in [0.05, 0.1) is 10.9 Å². The van der Waals surface area contributed by atoms with Crippen LogP contribution >= 0.6 is 0 Å². The largest absolute Gasteiger partial charge is 0.354 e.